The molecule has 0 aliphatic heterocycles. The topological polar surface area (TPSA) is 29.1 Å². The van der Waals surface area contributed by atoms with Gasteiger partial charge in [-0.1, -0.05) is 121 Å². The number of rotatable bonds is 18. The highest BCUT2D eigenvalue weighted by atomic mass is 16.1. The maximum absolute atomic E-state index is 11.2. The molecular weight excluding hydrogens is 342 g/mol. The largest absolute Gasteiger partial charge is 0.329 e. The lowest BCUT2D eigenvalue weighted by atomic mass is 10.0. The molecular formula is C26H43NO. The molecule has 28 heavy (non-hydrogen) atoms. The Morgan fingerprint density at radius 1 is 0.714 bits per heavy atom. The van der Waals surface area contributed by atoms with Crippen molar-refractivity contribution in [3.05, 3.63) is 60.9 Å². The first-order valence-electron chi connectivity index (χ1n) is 11.3. The van der Waals surface area contributed by atoms with E-state index in [0.717, 1.165) is 0 Å². The van der Waals surface area contributed by atoms with Crippen LogP contribution in [0.1, 0.15) is 97.3 Å². The van der Waals surface area contributed by atoms with Crippen LogP contribution < -0.4 is 5.32 Å². The van der Waals surface area contributed by atoms with Gasteiger partial charge in [0, 0.05) is 11.8 Å². The Morgan fingerprint density at radius 2 is 1.18 bits per heavy atom. The van der Waals surface area contributed by atoms with Crippen LogP contribution in [-0.2, 0) is 4.79 Å². The van der Waals surface area contributed by atoms with Crippen molar-refractivity contribution in [3.8, 4) is 0 Å². The van der Waals surface area contributed by atoms with E-state index in [2.05, 4.69) is 31.0 Å². The first-order chi connectivity index (χ1) is 13.7. The highest BCUT2D eigenvalue weighted by Crippen LogP contribution is 2.12. The van der Waals surface area contributed by atoms with Crippen LogP contribution in [0, 0.1) is 0 Å². The molecule has 0 unspecified atom stereocenters. The predicted octanol–water partition coefficient (Wildman–Crippen LogP) is 7.95. The maximum Gasteiger partial charge on any atom is 0.250 e. The molecule has 0 saturated carbocycles. The van der Waals surface area contributed by atoms with Crippen molar-refractivity contribution in [3.63, 3.8) is 0 Å². The van der Waals surface area contributed by atoms with Gasteiger partial charge in [0.05, 0.1) is 0 Å². The third-order valence-electron chi connectivity index (χ3n) is 4.61. The number of amides is 1. The Balaban J connectivity index is 3.40. The zero-order valence-corrected chi connectivity index (χ0v) is 18.4. The van der Waals surface area contributed by atoms with Crippen LogP contribution >= 0.6 is 0 Å². The van der Waals surface area contributed by atoms with Crippen molar-refractivity contribution in [1.29, 1.82) is 0 Å². The minimum Gasteiger partial charge on any atom is -0.329 e. The van der Waals surface area contributed by atoms with Crippen molar-refractivity contribution in [2.24, 2.45) is 0 Å². The van der Waals surface area contributed by atoms with Crippen LogP contribution in [0.3, 0.4) is 0 Å². The molecule has 0 aromatic heterocycles. The molecule has 0 heterocycles. The first kappa shape index (κ1) is 26.2. The maximum atomic E-state index is 11.2. The molecule has 158 valence electrons. The van der Waals surface area contributed by atoms with Gasteiger partial charge in [-0.3, -0.25) is 4.79 Å². The fourth-order valence-electron chi connectivity index (χ4n) is 2.84. The number of unbranched alkanes of at least 4 members (excludes halogenated alkanes) is 12. The standard InChI is InChI=1S/C26H43NO/c1-4-5-6-7-8-9-10-11-12-13-14-15-16-17-18-19-20-21-22-23-24-27-26(28)25(2)3/h17-24H,2,4-16H2,1,3H3,(H,27,28). The second-order valence-electron chi connectivity index (χ2n) is 7.49. The summed E-state index contributed by atoms with van der Waals surface area (Å²) in [5, 5.41) is 2.63. The molecule has 0 aromatic rings. The smallest absolute Gasteiger partial charge is 0.250 e. The van der Waals surface area contributed by atoms with Crippen molar-refractivity contribution in [2.45, 2.75) is 97.3 Å². The van der Waals surface area contributed by atoms with Crippen LogP contribution in [0.25, 0.3) is 0 Å². The Bertz CT molecular complexity index is 497. The molecule has 0 aliphatic carbocycles. The van der Waals surface area contributed by atoms with Crippen molar-refractivity contribution >= 4 is 5.91 Å². The van der Waals surface area contributed by atoms with Crippen molar-refractivity contribution < 1.29 is 4.79 Å². The lowest BCUT2D eigenvalue weighted by molar-refractivity contribution is -0.116. The minimum atomic E-state index is -0.152. The van der Waals surface area contributed by atoms with E-state index in [9.17, 15) is 4.79 Å². The van der Waals surface area contributed by atoms with Crippen LogP contribution in [0.4, 0.5) is 0 Å². The molecule has 2 nitrogen and oxygen atoms in total. The summed E-state index contributed by atoms with van der Waals surface area (Å²) in [5.74, 6) is -0.152. The van der Waals surface area contributed by atoms with Crippen molar-refractivity contribution in [2.75, 3.05) is 0 Å². The summed E-state index contributed by atoms with van der Waals surface area (Å²) < 4.78 is 0. The van der Waals surface area contributed by atoms with E-state index >= 15 is 0 Å². The number of allylic oxidation sites excluding steroid dienone is 7. The van der Waals surface area contributed by atoms with Gasteiger partial charge in [-0.2, -0.15) is 0 Å². The van der Waals surface area contributed by atoms with E-state index in [-0.39, 0.29) is 5.91 Å². The van der Waals surface area contributed by atoms with E-state index in [0.29, 0.717) is 5.57 Å². The van der Waals surface area contributed by atoms with Gasteiger partial charge in [0.2, 0.25) is 5.91 Å². The Labute approximate surface area is 174 Å². The van der Waals surface area contributed by atoms with E-state index in [1.807, 2.05) is 24.3 Å². The molecule has 0 saturated heterocycles. The summed E-state index contributed by atoms with van der Waals surface area (Å²) in [7, 11) is 0. The van der Waals surface area contributed by atoms with Crippen molar-refractivity contribution in [1.82, 2.24) is 5.32 Å². The molecule has 2 heteroatoms. The Morgan fingerprint density at radius 3 is 1.71 bits per heavy atom. The SMILES string of the molecule is C=C(C)C(=O)NC=CC=CC=CC=CCCCCCCCCCCCCCC. The monoisotopic (exact) mass is 385 g/mol. The fourth-order valence-corrected chi connectivity index (χ4v) is 2.84. The second-order valence-corrected chi connectivity index (χ2v) is 7.49. The highest BCUT2D eigenvalue weighted by Gasteiger charge is 1.95. The second kappa shape index (κ2) is 21.5. The molecule has 0 radical (unpaired) electrons. The quantitative estimate of drug-likeness (QED) is 0.145. The number of hydrogen-bond donors (Lipinski definition) is 1. The van der Waals surface area contributed by atoms with Crippen LogP contribution in [0.5, 0.6) is 0 Å². The van der Waals surface area contributed by atoms with E-state index in [1.54, 1.807) is 19.2 Å². The zero-order chi connectivity index (χ0) is 20.7. The number of hydrogen-bond acceptors (Lipinski definition) is 1. The van der Waals surface area contributed by atoms with Gasteiger partial charge in [0.25, 0.3) is 0 Å². The zero-order valence-electron chi connectivity index (χ0n) is 18.4. The number of carbonyl (C=O) groups excluding carboxylic acids is 1. The highest BCUT2D eigenvalue weighted by molar-refractivity contribution is 5.92. The van der Waals surface area contributed by atoms with E-state index < -0.39 is 0 Å². The molecule has 0 rings (SSSR count). The van der Waals surface area contributed by atoms with Crippen LogP contribution in [-0.4, -0.2) is 5.91 Å². The Hall–Kier alpha value is -1.83. The summed E-state index contributed by atoms with van der Waals surface area (Å²) in [6.45, 7) is 7.54. The third-order valence-corrected chi connectivity index (χ3v) is 4.61. The summed E-state index contributed by atoms with van der Waals surface area (Å²) in [4.78, 5) is 11.2. The molecule has 0 fully saturated rings. The van der Waals surface area contributed by atoms with Crippen LogP contribution in [0.15, 0.2) is 60.9 Å². The van der Waals surface area contributed by atoms with E-state index in [1.165, 1.54) is 83.5 Å². The lowest BCUT2D eigenvalue weighted by Gasteiger charge is -2.02. The summed E-state index contributed by atoms with van der Waals surface area (Å²) in [6, 6.07) is 0. The van der Waals surface area contributed by atoms with E-state index in [4.69, 9.17) is 0 Å². The van der Waals surface area contributed by atoms with Gasteiger partial charge >= 0.3 is 0 Å². The molecule has 1 N–H and O–H groups in total. The summed E-state index contributed by atoms with van der Waals surface area (Å²) >= 11 is 0. The predicted molar refractivity (Wildman–Crippen MR) is 125 cm³/mol. The third kappa shape index (κ3) is 20.5. The lowest BCUT2D eigenvalue weighted by Crippen LogP contribution is -2.16. The number of carbonyl (C=O) groups is 1. The van der Waals surface area contributed by atoms with Gasteiger partial charge in [0.15, 0.2) is 0 Å². The van der Waals surface area contributed by atoms with Gasteiger partial charge in [-0.15, -0.1) is 0 Å². The summed E-state index contributed by atoms with van der Waals surface area (Å²) in [5.41, 5.74) is 0.506. The van der Waals surface area contributed by atoms with Gasteiger partial charge < -0.3 is 5.32 Å². The molecule has 0 bridgehead atoms. The number of nitrogens with one attached hydrogen (secondary N) is 1. The fraction of sp³-hybridized carbons (Fsp3) is 0.577. The molecule has 0 aliphatic rings. The molecule has 0 atom stereocenters. The average Bonchev–Trinajstić information content (AvgIpc) is 2.68. The summed E-state index contributed by atoms with van der Waals surface area (Å²) in [6.07, 6.45) is 33.6. The molecule has 1 amide bonds. The van der Waals surface area contributed by atoms with Gasteiger partial charge in [0.1, 0.15) is 0 Å². The van der Waals surface area contributed by atoms with Gasteiger partial charge in [-0.25, -0.2) is 0 Å². The normalized spacial score (nSPS) is 12.1. The Kier molecular flexibility index (Phi) is 20.1. The van der Waals surface area contributed by atoms with Crippen LogP contribution in [0.2, 0.25) is 0 Å². The molecule has 0 spiro atoms. The minimum absolute atomic E-state index is 0.152. The molecule has 0 aromatic carbocycles. The van der Waals surface area contributed by atoms with Gasteiger partial charge in [-0.05, 0) is 25.8 Å². The average molecular weight is 386 g/mol. The first-order valence-corrected chi connectivity index (χ1v) is 11.3.